The Bertz CT molecular complexity index is 411. The van der Waals surface area contributed by atoms with E-state index in [-0.39, 0.29) is 11.8 Å². The number of nitrogens with one attached hydrogen (secondary N) is 2. The highest BCUT2D eigenvalue weighted by atomic mass is 32.2. The molecular weight excluding hydrogens is 264 g/mol. The Kier molecular flexibility index (Phi) is 4.81. The molecule has 1 unspecified atom stereocenters. The van der Waals surface area contributed by atoms with Gasteiger partial charge in [-0.05, 0) is 31.6 Å². The first-order chi connectivity index (χ1) is 9.00. The van der Waals surface area contributed by atoms with E-state index in [2.05, 4.69) is 4.72 Å². The second-order valence-electron chi connectivity index (χ2n) is 5.56. The molecule has 2 aliphatic rings. The number of rotatable bonds is 5. The maximum atomic E-state index is 12.3. The molecule has 0 bridgehead atoms. The van der Waals surface area contributed by atoms with Crippen molar-refractivity contribution in [1.82, 2.24) is 9.03 Å². The van der Waals surface area contributed by atoms with Crippen molar-refractivity contribution < 1.29 is 8.42 Å². The van der Waals surface area contributed by atoms with Gasteiger partial charge in [-0.1, -0.05) is 19.3 Å². The summed E-state index contributed by atoms with van der Waals surface area (Å²) in [6, 6.07) is -0.536. The predicted octanol–water partition coefficient (Wildman–Crippen LogP) is 0.801. The molecule has 1 heterocycles. The van der Waals surface area contributed by atoms with E-state index in [1.54, 1.807) is 0 Å². The molecule has 4 N–H and O–H groups in total. The largest absolute Gasteiger partial charge is 0.386 e. The lowest BCUT2D eigenvalue weighted by Gasteiger charge is -2.31. The number of amidine groups is 1. The first kappa shape index (κ1) is 14.7. The van der Waals surface area contributed by atoms with Gasteiger partial charge in [0.25, 0.3) is 10.2 Å². The first-order valence-electron chi connectivity index (χ1n) is 7.12. The lowest BCUT2D eigenvalue weighted by atomic mass is 9.84. The quantitative estimate of drug-likeness (QED) is 0.515. The van der Waals surface area contributed by atoms with Crippen molar-refractivity contribution in [1.29, 1.82) is 5.41 Å². The Hall–Kier alpha value is -0.660. The molecule has 1 aliphatic heterocycles. The van der Waals surface area contributed by atoms with Crippen LogP contribution in [-0.2, 0) is 10.2 Å². The fourth-order valence-electron chi connectivity index (χ4n) is 3.04. The Morgan fingerprint density at radius 2 is 1.74 bits per heavy atom. The molecule has 19 heavy (non-hydrogen) atoms. The van der Waals surface area contributed by atoms with Crippen LogP contribution in [0.25, 0.3) is 0 Å². The van der Waals surface area contributed by atoms with Crippen LogP contribution in [0.15, 0.2) is 0 Å². The van der Waals surface area contributed by atoms with Gasteiger partial charge in [0, 0.05) is 13.1 Å². The molecule has 0 aromatic carbocycles. The molecule has 1 saturated heterocycles. The van der Waals surface area contributed by atoms with E-state index < -0.39 is 16.3 Å². The fraction of sp³-hybridized carbons (Fsp3) is 0.917. The average molecular weight is 288 g/mol. The highest BCUT2D eigenvalue weighted by molar-refractivity contribution is 7.87. The van der Waals surface area contributed by atoms with Crippen LogP contribution in [0.3, 0.4) is 0 Å². The van der Waals surface area contributed by atoms with E-state index in [1.807, 2.05) is 0 Å². The van der Waals surface area contributed by atoms with Gasteiger partial charge in [0.15, 0.2) is 0 Å². The minimum atomic E-state index is -3.49. The molecule has 2 fully saturated rings. The zero-order valence-electron chi connectivity index (χ0n) is 11.3. The molecule has 0 amide bonds. The van der Waals surface area contributed by atoms with Crippen LogP contribution < -0.4 is 10.5 Å². The average Bonchev–Trinajstić information content (AvgIpc) is 2.91. The molecule has 6 nitrogen and oxygen atoms in total. The fourth-order valence-corrected chi connectivity index (χ4v) is 4.57. The third-order valence-corrected chi connectivity index (χ3v) is 5.73. The van der Waals surface area contributed by atoms with E-state index in [1.165, 1.54) is 10.7 Å². The molecule has 1 atom stereocenters. The highest BCUT2D eigenvalue weighted by Gasteiger charge is 2.33. The van der Waals surface area contributed by atoms with Crippen LogP contribution in [0.1, 0.15) is 44.9 Å². The van der Waals surface area contributed by atoms with Crippen LogP contribution in [0.2, 0.25) is 0 Å². The Labute approximate surface area is 115 Å². The summed E-state index contributed by atoms with van der Waals surface area (Å²) >= 11 is 0. The van der Waals surface area contributed by atoms with Crippen LogP contribution >= 0.6 is 0 Å². The number of nitrogens with two attached hydrogens (primary N) is 1. The van der Waals surface area contributed by atoms with Gasteiger partial charge in [-0.15, -0.1) is 0 Å². The summed E-state index contributed by atoms with van der Waals surface area (Å²) in [5.41, 5.74) is 5.61. The summed E-state index contributed by atoms with van der Waals surface area (Å²) in [6.45, 7) is 1.15. The first-order valence-corrected chi connectivity index (χ1v) is 8.56. The Morgan fingerprint density at radius 1 is 1.16 bits per heavy atom. The van der Waals surface area contributed by atoms with Crippen molar-refractivity contribution in [2.45, 2.75) is 51.0 Å². The van der Waals surface area contributed by atoms with Crippen molar-refractivity contribution in [3.8, 4) is 0 Å². The molecule has 1 aliphatic carbocycles. The van der Waals surface area contributed by atoms with E-state index in [4.69, 9.17) is 11.1 Å². The summed E-state index contributed by atoms with van der Waals surface area (Å²) in [5, 5.41) is 7.67. The molecule has 2 rings (SSSR count). The molecule has 0 radical (unpaired) electrons. The SMILES string of the molecule is N=C(N)C(NS(=O)(=O)N1CCCC1)C1CCCCC1. The van der Waals surface area contributed by atoms with Gasteiger partial charge in [-0.2, -0.15) is 17.4 Å². The van der Waals surface area contributed by atoms with Crippen molar-refractivity contribution in [3.05, 3.63) is 0 Å². The molecule has 7 heteroatoms. The summed E-state index contributed by atoms with van der Waals surface area (Å²) in [5.74, 6) is 0.110. The molecule has 110 valence electrons. The van der Waals surface area contributed by atoms with Crippen LogP contribution in [0.5, 0.6) is 0 Å². The van der Waals surface area contributed by atoms with Crippen LogP contribution in [0.4, 0.5) is 0 Å². The van der Waals surface area contributed by atoms with Crippen molar-refractivity contribution in [2.75, 3.05) is 13.1 Å². The summed E-state index contributed by atoms with van der Waals surface area (Å²) < 4.78 is 28.6. The van der Waals surface area contributed by atoms with Gasteiger partial charge in [0.2, 0.25) is 0 Å². The topological polar surface area (TPSA) is 99.3 Å². The Balaban J connectivity index is 2.05. The van der Waals surface area contributed by atoms with Gasteiger partial charge in [-0.3, -0.25) is 5.41 Å². The zero-order chi connectivity index (χ0) is 13.9. The monoisotopic (exact) mass is 288 g/mol. The third-order valence-electron chi connectivity index (χ3n) is 4.14. The van der Waals surface area contributed by atoms with Gasteiger partial charge in [0.05, 0.1) is 6.04 Å². The number of nitrogens with zero attached hydrogens (tertiary/aromatic N) is 1. The summed E-state index contributed by atoms with van der Waals surface area (Å²) in [4.78, 5) is 0. The molecular formula is C12H24N4O2S. The molecule has 1 saturated carbocycles. The van der Waals surface area contributed by atoms with Crippen molar-refractivity contribution in [2.24, 2.45) is 11.7 Å². The van der Waals surface area contributed by atoms with E-state index in [9.17, 15) is 8.42 Å². The van der Waals surface area contributed by atoms with E-state index in [0.717, 1.165) is 38.5 Å². The minimum absolute atomic E-state index is 0.0605. The summed E-state index contributed by atoms with van der Waals surface area (Å²) in [7, 11) is -3.49. The molecule has 0 spiro atoms. The van der Waals surface area contributed by atoms with Gasteiger partial charge in [-0.25, -0.2) is 0 Å². The van der Waals surface area contributed by atoms with Gasteiger partial charge >= 0.3 is 0 Å². The van der Waals surface area contributed by atoms with Crippen molar-refractivity contribution in [3.63, 3.8) is 0 Å². The lowest BCUT2D eigenvalue weighted by Crippen LogP contribution is -2.53. The second kappa shape index (κ2) is 6.19. The predicted molar refractivity (Wildman–Crippen MR) is 75.1 cm³/mol. The maximum absolute atomic E-state index is 12.3. The van der Waals surface area contributed by atoms with E-state index in [0.29, 0.717) is 13.1 Å². The molecule has 0 aromatic heterocycles. The normalized spacial score (nSPS) is 24.4. The minimum Gasteiger partial charge on any atom is -0.386 e. The van der Waals surface area contributed by atoms with E-state index >= 15 is 0 Å². The number of hydrogen-bond donors (Lipinski definition) is 3. The highest BCUT2D eigenvalue weighted by Crippen LogP contribution is 2.27. The molecule has 0 aromatic rings. The van der Waals surface area contributed by atoms with Gasteiger partial charge < -0.3 is 5.73 Å². The smallest absolute Gasteiger partial charge is 0.280 e. The van der Waals surface area contributed by atoms with Crippen LogP contribution in [-0.4, -0.2) is 37.7 Å². The zero-order valence-corrected chi connectivity index (χ0v) is 12.1. The van der Waals surface area contributed by atoms with Crippen LogP contribution in [0, 0.1) is 11.3 Å². The maximum Gasteiger partial charge on any atom is 0.280 e. The van der Waals surface area contributed by atoms with Gasteiger partial charge in [0.1, 0.15) is 5.84 Å². The third kappa shape index (κ3) is 3.67. The summed E-state index contributed by atoms with van der Waals surface area (Å²) in [6.07, 6.45) is 7.11. The second-order valence-corrected chi connectivity index (χ2v) is 7.26. The Morgan fingerprint density at radius 3 is 2.26 bits per heavy atom. The number of hydrogen-bond acceptors (Lipinski definition) is 3. The van der Waals surface area contributed by atoms with Crippen molar-refractivity contribution >= 4 is 16.0 Å². The standard InChI is InChI=1S/C12H24N4O2S/c13-12(14)11(10-6-2-1-3-7-10)15-19(17,18)16-8-4-5-9-16/h10-11,15H,1-9H2,(H3,13,14). The lowest BCUT2D eigenvalue weighted by molar-refractivity contribution is 0.324.